The molecule has 0 aliphatic rings. The maximum absolute atomic E-state index is 13.8. The van der Waals surface area contributed by atoms with Gasteiger partial charge in [-0.3, -0.25) is 25.4 Å². The fourth-order valence-corrected chi connectivity index (χ4v) is 3.74. The highest BCUT2D eigenvalue weighted by Gasteiger charge is 2.33. The number of amides is 4. The van der Waals surface area contributed by atoms with Crippen LogP contribution in [-0.4, -0.2) is 29.9 Å². The zero-order valence-electron chi connectivity index (χ0n) is 21.9. The van der Waals surface area contributed by atoms with Crippen molar-refractivity contribution in [3.05, 3.63) is 107 Å². The van der Waals surface area contributed by atoms with Crippen LogP contribution in [0.25, 0.3) is 0 Å². The Morgan fingerprint density at radius 2 is 1.49 bits per heavy atom. The first-order valence-electron chi connectivity index (χ1n) is 12.1. The molecule has 15 heteroatoms. The number of aromatic nitrogens is 1. The maximum Gasteiger partial charge on any atom is 0.417 e. The predicted molar refractivity (Wildman–Crippen MR) is 148 cm³/mol. The Hall–Kier alpha value is -5.37. The van der Waals surface area contributed by atoms with Crippen molar-refractivity contribution in [2.45, 2.75) is 6.18 Å². The third-order valence-electron chi connectivity index (χ3n) is 5.55. The van der Waals surface area contributed by atoms with Gasteiger partial charge in [-0.15, -0.1) is 0 Å². The molecule has 3 aromatic carbocycles. The average molecular weight is 618 g/mol. The van der Waals surface area contributed by atoms with Gasteiger partial charge in [0, 0.05) is 29.2 Å². The molecule has 4 aromatic rings. The Bertz CT molecular complexity index is 1670. The van der Waals surface area contributed by atoms with Crippen LogP contribution >= 0.6 is 11.6 Å². The molecule has 0 aliphatic heterocycles. The van der Waals surface area contributed by atoms with Gasteiger partial charge in [0.05, 0.1) is 17.7 Å². The maximum atomic E-state index is 13.8. The lowest BCUT2D eigenvalue weighted by Crippen LogP contribution is -2.42. The van der Waals surface area contributed by atoms with E-state index in [0.717, 1.165) is 18.2 Å². The minimum absolute atomic E-state index is 0.0434. The van der Waals surface area contributed by atoms with Crippen LogP contribution in [0, 0.1) is 5.82 Å². The summed E-state index contributed by atoms with van der Waals surface area (Å²) in [4.78, 5) is 40.9. The highest BCUT2D eigenvalue weighted by Crippen LogP contribution is 2.36. The number of methoxy groups -OCH3 is 1. The number of benzene rings is 3. The second-order valence-electron chi connectivity index (χ2n) is 8.53. The molecule has 222 valence electrons. The minimum Gasteiger partial charge on any atom is -0.494 e. The third-order valence-corrected chi connectivity index (χ3v) is 5.87. The fourth-order valence-electron chi connectivity index (χ4n) is 3.51. The summed E-state index contributed by atoms with van der Waals surface area (Å²) in [6.07, 6.45) is -3.39. The van der Waals surface area contributed by atoms with E-state index in [-0.39, 0.29) is 28.4 Å². The zero-order valence-corrected chi connectivity index (χ0v) is 22.6. The molecule has 0 bridgehead atoms. The standard InChI is InChI=1S/C28H20ClF4N5O5/c1-42-24-9-2-15(12-22(24)30)25(39)37-38-26(40)23-14-19(10-11-34-23)43-18-6-3-16(4-7-18)35-27(41)36-17-5-8-21(29)20(13-17)28(31,32)33/h2-14H,1H3,(H,37,39)(H,38,40)(H2,35,36,41). The van der Waals surface area contributed by atoms with Crippen LogP contribution in [0.4, 0.5) is 33.7 Å². The van der Waals surface area contributed by atoms with Crippen molar-refractivity contribution in [3.8, 4) is 17.2 Å². The van der Waals surface area contributed by atoms with E-state index in [9.17, 15) is 31.9 Å². The number of carbonyl (C=O) groups excluding carboxylic acids is 3. The first-order valence-corrected chi connectivity index (χ1v) is 12.4. The van der Waals surface area contributed by atoms with Crippen LogP contribution in [-0.2, 0) is 6.18 Å². The lowest BCUT2D eigenvalue weighted by atomic mass is 10.2. The third kappa shape index (κ3) is 8.10. The molecule has 4 N–H and O–H groups in total. The molecule has 0 fully saturated rings. The second kappa shape index (κ2) is 13.1. The number of nitrogens with one attached hydrogen (secondary N) is 4. The number of alkyl halides is 3. The molecule has 4 amide bonds. The van der Waals surface area contributed by atoms with Crippen molar-refractivity contribution < 1.29 is 41.4 Å². The van der Waals surface area contributed by atoms with E-state index in [1.54, 1.807) is 0 Å². The van der Waals surface area contributed by atoms with Crippen molar-refractivity contribution in [2.75, 3.05) is 17.7 Å². The average Bonchev–Trinajstić information content (AvgIpc) is 2.97. The Morgan fingerprint density at radius 3 is 2.16 bits per heavy atom. The molecule has 4 rings (SSSR count). The molecule has 43 heavy (non-hydrogen) atoms. The minimum atomic E-state index is -4.68. The van der Waals surface area contributed by atoms with E-state index in [1.807, 2.05) is 0 Å². The van der Waals surface area contributed by atoms with Crippen LogP contribution < -0.4 is 31.0 Å². The lowest BCUT2D eigenvalue weighted by Gasteiger charge is -2.13. The Kier molecular flexibility index (Phi) is 9.30. The molecular weight excluding hydrogens is 598 g/mol. The number of ether oxygens (including phenoxy) is 2. The Morgan fingerprint density at radius 1 is 0.814 bits per heavy atom. The van der Waals surface area contributed by atoms with Gasteiger partial charge in [-0.1, -0.05) is 11.6 Å². The van der Waals surface area contributed by atoms with E-state index < -0.39 is 40.4 Å². The number of anilines is 2. The van der Waals surface area contributed by atoms with Gasteiger partial charge in [0.15, 0.2) is 11.6 Å². The normalized spacial score (nSPS) is 10.8. The first-order chi connectivity index (χ1) is 20.4. The Labute approximate surface area is 245 Å². The number of pyridine rings is 1. The van der Waals surface area contributed by atoms with Crippen molar-refractivity contribution in [2.24, 2.45) is 0 Å². The van der Waals surface area contributed by atoms with Gasteiger partial charge in [-0.25, -0.2) is 9.18 Å². The van der Waals surface area contributed by atoms with E-state index in [0.29, 0.717) is 11.4 Å². The summed E-state index contributed by atoms with van der Waals surface area (Å²) >= 11 is 5.59. The van der Waals surface area contributed by atoms with Crippen LogP contribution in [0.1, 0.15) is 26.4 Å². The Balaban J connectivity index is 1.31. The lowest BCUT2D eigenvalue weighted by molar-refractivity contribution is -0.137. The molecule has 10 nitrogen and oxygen atoms in total. The number of carbonyl (C=O) groups is 3. The van der Waals surface area contributed by atoms with Crippen LogP contribution in [0.3, 0.4) is 0 Å². The van der Waals surface area contributed by atoms with Gasteiger partial charge in [-0.05, 0) is 66.7 Å². The number of urea groups is 1. The molecule has 1 aromatic heterocycles. The summed E-state index contributed by atoms with van der Waals surface area (Å²) in [6, 6.07) is 14.4. The number of nitrogens with zero attached hydrogens (tertiary/aromatic N) is 1. The molecule has 0 radical (unpaired) electrons. The molecule has 0 saturated carbocycles. The van der Waals surface area contributed by atoms with Gasteiger partial charge in [0.1, 0.15) is 17.2 Å². The molecule has 0 saturated heterocycles. The smallest absolute Gasteiger partial charge is 0.417 e. The van der Waals surface area contributed by atoms with Gasteiger partial charge < -0.3 is 20.1 Å². The molecular formula is C28H20ClF4N5O5. The van der Waals surface area contributed by atoms with E-state index in [2.05, 4.69) is 26.5 Å². The van der Waals surface area contributed by atoms with E-state index in [4.69, 9.17) is 21.1 Å². The number of rotatable bonds is 7. The van der Waals surface area contributed by atoms with E-state index >= 15 is 0 Å². The van der Waals surface area contributed by atoms with Gasteiger partial charge in [0.25, 0.3) is 11.8 Å². The first kappa shape index (κ1) is 30.6. The van der Waals surface area contributed by atoms with Crippen molar-refractivity contribution in [3.63, 3.8) is 0 Å². The van der Waals surface area contributed by atoms with Crippen LogP contribution in [0.5, 0.6) is 17.2 Å². The molecule has 0 aliphatic carbocycles. The van der Waals surface area contributed by atoms with Gasteiger partial charge in [-0.2, -0.15) is 13.2 Å². The molecule has 0 unspecified atom stereocenters. The topological polar surface area (TPSA) is 131 Å². The summed E-state index contributed by atoms with van der Waals surface area (Å²) in [5.41, 5.74) is 3.28. The SMILES string of the molecule is COc1ccc(C(=O)NNC(=O)c2cc(Oc3ccc(NC(=O)Nc4ccc(Cl)c(C(F)(F)F)c4)cc3)ccn2)cc1F. The van der Waals surface area contributed by atoms with Crippen LogP contribution in [0.15, 0.2) is 79.0 Å². The number of hydrazine groups is 1. The number of hydrogen-bond acceptors (Lipinski definition) is 6. The highest BCUT2D eigenvalue weighted by atomic mass is 35.5. The zero-order chi connectivity index (χ0) is 31.1. The van der Waals surface area contributed by atoms with E-state index in [1.165, 1.54) is 67.9 Å². The fraction of sp³-hybridized carbons (Fsp3) is 0.0714. The van der Waals surface area contributed by atoms with Crippen LogP contribution in [0.2, 0.25) is 5.02 Å². The summed E-state index contributed by atoms with van der Waals surface area (Å²) < 4.78 is 63.5. The largest absolute Gasteiger partial charge is 0.494 e. The summed E-state index contributed by atoms with van der Waals surface area (Å²) in [7, 11) is 1.28. The van der Waals surface area contributed by atoms with Crippen molar-refractivity contribution >= 4 is 40.8 Å². The summed E-state index contributed by atoms with van der Waals surface area (Å²) in [6.45, 7) is 0. The molecule has 1 heterocycles. The van der Waals surface area contributed by atoms with Crippen molar-refractivity contribution in [1.82, 2.24) is 15.8 Å². The second-order valence-corrected chi connectivity index (χ2v) is 8.94. The van der Waals surface area contributed by atoms with Gasteiger partial charge in [0.2, 0.25) is 0 Å². The quantitative estimate of drug-likeness (QED) is 0.140. The predicted octanol–water partition coefficient (Wildman–Crippen LogP) is 6.41. The summed E-state index contributed by atoms with van der Waals surface area (Å²) in [5.74, 6) is -1.82. The van der Waals surface area contributed by atoms with Gasteiger partial charge >= 0.3 is 12.2 Å². The number of hydrogen-bond donors (Lipinski definition) is 4. The highest BCUT2D eigenvalue weighted by molar-refractivity contribution is 6.31. The molecule has 0 spiro atoms. The number of halogens is 5. The summed E-state index contributed by atoms with van der Waals surface area (Å²) in [5, 5.41) is 4.28. The molecule has 0 atom stereocenters. The monoisotopic (exact) mass is 617 g/mol. The van der Waals surface area contributed by atoms with Crippen molar-refractivity contribution in [1.29, 1.82) is 0 Å².